The third-order valence-corrected chi connectivity index (χ3v) is 4.12. The summed E-state index contributed by atoms with van der Waals surface area (Å²) in [6.45, 7) is 0. The predicted molar refractivity (Wildman–Crippen MR) is 110 cm³/mol. The molecule has 0 aliphatic carbocycles. The number of anilines is 2. The number of halogens is 2. The van der Waals surface area contributed by atoms with E-state index >= 15 is 0 Å². The summed E-state index contributed by atoms with van der Waals surface area (Å²) in [6.07, 6.45) is 7.35. The highest BCUT2D eigenvalue weighted by Gasteiger charge is 2.11. The van der Waals surface area contributed by atoms with Crippen molar-refractivity contribution in [3.8, 4) is 22.8 Å². The molecule has 4 aromatic rings. The number of pyridine rings is 2. The Balaban J connectivity index is 1.43. The SMILES string of the molecule is Cn1cc(-c2cc(Oc3ccc(NC(=O)Nc4cncc(F)c4)c(F)c3)ccn2)cn1. The number of hydrogen-bond acceptors (Lipinski definition) is 5. The Kier molecular flexibility index (Phi) is 5.52. The molecule has 0 spiro atoms. The minimum Gasteiger partial charge on any atom is -0.457 e. The van der Waals surface area contributed by atoms with Crippen molar-refractivity contribution in [3.05, 3.63) is 79.0 Å². The molecule has 0 atom stereocenters. The first kappa shape index (κ1) is 20.0. The summed E-state index contributed by atoms with van der Waals surface area (Å²) in [5.74, 6) is -0.605. The van der Waals surface area contributed by atoms with Gasteiger partial charge in [-0.2, -0.15) is 5.10 Å². The zero-order valence-electron chi connectivity index (χ0n) is 16.2. The van der Waals surface area contributed by atoms with Crippen molar-refractivity contribution in [2.45, 2.75) is 0 Å². The van der Waals surface area contributed by atoms with Gasteiger partial charge in [-0.1, -0.05) is 0 Å². The number of benzene rings is 1. The zero-order chi connectivity index (χ0) is 21.8. The van der Waals surface area contributed by atoms with Crippen molar-refractivity contribution in [1.29, 1.82) is 0 Å². The van der Waals surface area contributed by atoms with Gasteiger partial charge in [0.2, 0.25) is 0 Å². The Bertz CT molecular complexity index is 1240. The molecule has 0 unspecified atom stereocenters. The van der Waals surface area contributed by atoms with Gasteiger partial charge in [-0.15, -0.1) is 0 Å². The van der Waals surface area contributed by atoms with Crippen LogP contribution in [-0.2, 0) is 7.05 Å². The van der Waals surface area contributed by atoms with E-state index in [4.69, 9.17) is 4.74 Å². The molecule has 3 heterocycles. The number of carbonyl (C=O) groups excluding carboxylic acids is 1. The summed E-state index contributed by atoms with van der Waals surface area (Å²) in [6, 6.07) is 7.71. The molecule has 0 fully saturated rings. The molecule has 2 amide bonds. The van der Waals surface area contributed by atoms with E-state index in [0.717, 1.165) is 23.9 Å². The molecule has 10 heteroatoms. The van der Waals surface area contributed by atoms with Crippen LogP contribution in [0.4, 0.5) is 25.0 Å². The molecule has 3 aromatic heterocycles. The Morgan fingerprint density at radius 1 is 1.03 bits per heavy atom. The van der Waals surface area contributed by atoms with Gasteiger partial charge in [0.1, 0.15) is 23.1 Å². The van der Waals surface area contributed by atoms with E-state index in [-0.39, 0.29) is 17.1 Å². The molecule has 31 heavy (non-hydrogen) atoms. The van der Waals surface area contributed by atoms with E-state index in [1.54, 1.807) is 36.3 Å². The molecule has 0 bridgehead atoms. The number of carbonyl (C=O) groups is 1. The Labute approximate surface area is 175 Å². The summed E-state index contributed by atoms with van der Waals surface area (Å²) >= 11 is 0. The number of aryl methyl sites for hydroxylation is 1. The number of urea groups is 1. The summed E-state index contributed by atoms with van der Waals surface area (Å²) in [5, 5.41) is 8.83. The lowest BCUT2D eigenvalue weighted by atomic mass is 10.2. The predicted octanol–water partition coefficient (Wildman–Crippen LogP) is 4.59. The highest BCUT2D eigenvalue weighted by molar-refractivity contribution is 5.99. The largest absolute Gasteiger partial charge is 0.457 e. The first-order valence-corrected chi connectivity index (χ1v) is 9.07. The standard InChI is InChI=1S/C21H16F2N6O2/c1-29-12-13(9-26-29)20-8-17(4-5-25-20)31-16-2-3-19(18(23)7-16)28-21(30)27-15-6-14(22)10-24-11-15/h2-12H,1H3,(H2,27,28,30). The van der Waals surface area contributed by atoms with Crippen molar-refractivity contribution in [2.75, 3.05) is 10.6 Å². The van der Waals surface area contributed by atoms with Gasteiger partial charge in [-0.05, 0) is 18.2 Å². The van der Waals surface area contributed by atoms with Crippen LogP contribution in [-0.4, -0.2) is 25.8 Å². The van der Waals surface area contributed by atoms with E-state index in [0.29, 0.717) is 11.4 Å². The van der Waals surface area contributed by atoms with Crippen molar-refractivity contribution in [2.24, 2.45) is 7.05 Å². The number of aromatic nitrogens is 4. The highest BCUT2D eigenvalue weighted by Crippen LogP contribution is 2.28. The summed E-state index contributed by atoms with van der Waals surface area (Å²) in [5.41, 5.74) is 1.55. The van der Waals surface area contributed by atoms with E-state index in [1.807, 2.05) is 6.20 Å². The molecule has 0 aliphatic rings. The quantitative estimate of drug-likeness (QED) is 0.491. The van der Waals surface area contributed by atoms with E-state index in [9.17, 15) is 13.6 Å². The fourth-order valence-corrected chi connectivity index (χ4v) is 2.75. The average molecular weight is 422 g/mol. The van der Waals surface area contributed by atoms with E-state index in [2.05, 4.69) is 25.7 Å². The number of ether oxygens (including phenoxy) is 1. The maximum absolute atomic E-state index is 14.4. The Morgan fingerprint density at radius 3 is 2.61 bits per heavy atom. The number of nitrogens with one attached hydrogen (secondary N) is 2. The van der Waals surface area contributed by atoms with Gasteiger partial charge in [0.05, 0.1) is 35.7 Å². The van der Waals surface area contributed by atoms with Gasteiger partial charge in [-0.3, -0.25) is 14.6 Å². The Hall–Kier alpha value is -4.34. The number of hydrogen-bond donors (Lipinski definition) is 2. The Morgan fingerprint density at radius 2 is 1.87 bits per heavy atom. The van der Waals surface area contributed by atoms with Crippen LogP contribution in [0.5, 0.6) is 11.5 Å². The first-order valence-electron chi connectivity index (χ1n) is 9.07. The fourth-order valence-electron chi connectivity index (χ4n) is 2.75. The zero-order valence-corrected chi connectivity index (χ0v) is 16.2. The first-order chi connectivity index (χ1) is 15.0. The molecule has 0 saturated heterocycles. The molecule has 0 saturated carbocycles. The third kappa shape index (κ3) is 4.99. The van der Waals surface area contributed by atoms with Crippen molar-refractivity contribution in [1.82, 2.24) is 19.7 Å². The number of amides is 2. The molecular weight excluding hydrogens is 406 g/mol. The number of nitrogens with zero attached hydrogens (tertiary/aromatic N) is 4. The van der Waals surface area contributed by atoms with Gasteiger partial charge in [0, 0.05) is 43.2 Å². The lowest BCUT2D eigenvalue weighted by Crippen LogP contribution is -2.20. The second-order valence-electron chi connectivity index (χ2n) is 6.49. The van der Waals surface area contributed by atoms with Gasteiger partial charge in [-0.25, -0.2) is 13.6 Å². The van der Waals surface area contributed by atoms with Crippen LogP contribution in [0.1, 0.15) is 0 Å². The van der Waals surface area contributed by atoms with Crippen LogP contribution in [0, 0.1) is 11.6 Å². The van der Waals surface area contributed by atoms with Crippen LogP contribution in [0.15, 0.2) is 67.4 Å². The monoisotopic (exact) mass is 422 g/mol. The minimum atomic E-state index is -0.741. The van der Waals surface area contributed by atoms with Crippen molar-refractivity contribution in [3.63, 3.8) is 0 Å². The van der Waals surface area contributed by atoms with Crippen LogP contribution < -0.4 is 15.4 Å². The molecule has 2 N–H and O–H groups in total. The minimum absolute atomic E-state index is 0.0695. The van der Waals surface area contributed by atoms with Gasteiger partial charge < -0.3 is 15.4 Å². The van der Waals surface area contributed by atoms with Crippen molar-refractivity contribution >= 4 is 17.4 Å². The maximum Gasteiger partial charge on any atom is 0.323 e. The molecule has 0 aliphatic heterocycles. The van der Waals surface area contributed by atoms with E-state index < -0.39 is 17.7 Å². The summed E-state index contributed by atoms with van der Waals surface area (Å²) in [4.78, 5) is 19.9. The second kappa shape index (κ2) is 8.57. The third-order valence-electron chi connectivity index (χ3n) is 4.12. The van der Waals surface area contributed by atoms with Crippen LogP contribution >= 0.6 is 0 Å². The van der Waals surface area contributed by atoms with Crippen molar-refractivity contribution < 1.29 is 18.3 Å². The lowest BCUT2D eigenvalue weighted by molar-refractivity contribution is 0.262. The number of rotatable bonds is 5. The maximum atomic E-state index is 14.4. The molecular formula is C21H16F2N6O2. The van der Waals surface area contributed by atoms with Gasteiger partial charge >= 0.3 is 6.03 Å². The molecule has 4 rings (SSSR count). The van der Waals surface area contributed by atoms with Crippen LogP contribution in [0.2, 0.25) is 0 Å². The molecule has 156 valence electrons. The van der Waals surface area contributed by atoms with E-state index in [1.165, 1.54) is 18.3 Å². The average Bonchev–Trinajstić information content (AvgIpc) is 3.17. The summed E-state index contributed by atoms with van der Waals surface area (Å²) < 4.78 is 35.0. The molecule has 1 aromatic carbocycles. The van der Waals surface area contributed by atoms with Crippen LogP contribution in [0.3, 0.4) is 0 Å². The topological polar surface area (TPSA) is 94.0 Å². The second-order valence-corrected chi connectivity index (χ2v) is 6.49. The van der Waals surface area contributed by atoms with Crippen LogP contribution in [0.25, 0.3) is 11.3 Å². The smallest absolute Gasteiger partial charge is 0.323 e. The summed E-state index contributed by atoms with van der Waals surface area (Å²) in [7, 11) is 1.80. The van der Waals surface area contributed by atoms with Gasteiger partial charge in [0.15, 0.2) is 0 Å². The van der Waals surface area contributed by atoms with Gasteiger partial charge in [0.25, 0.3) is 0 Å². The molecule has 0 radical (unpaired) electrons. The highest BCUT2D eigenvalue weighted by atomic mass is 19.1. The fraction of sp³-hybridized carbons (Fsp3) is 0.0476. The normalized spacial score (nSPS) is 10.5. The molecule has 8 nitrogen and oxygen atoms in total. The lowest BCUT2D eigenvalue weighted by Gasteiger charge is -2.11.